The van der Waals surface area contributed by atoms with Crippen LogP contribution in [0.25, 0.3) is 17.0 Å². The summed E-state index contributed by atoms with van der Waals surface area (Å²) in [6.07, 6.45) is 3.07. The first-order valence-electron chi connectivity index (χ1n) is 5.04. The van der Waals surface area contributed by atoms with E-state index in [9.17, 15) is 9.59 Å². The lowest BCUT2D eigenvalue weighted by Crippen LogP contribution is -2.18. The van der Waals surface area contributed by atoms with Gasteiger partial charge < -0.3 is 4.57 Å². The highest BCUT2D eigenvalue weighted by Gasteiger charge is 2.26. The molecule has 16 heavy (non-hydrogen) atoms. The lowest BCUT2D eigenvalue weighted by atomic mass is 10.0. The summed E-state index contributed by atoms with van der Waals surface area (Å²) in [6.45, 7) is 0. The zero-order valence-electron chi connectivity index (χ0n) is 8.73. The minimum Gasteiger partial charge on any atom is -0.340 e. The molecule has 1 aromatic heterocycles. The number of aryl methyl sites for hydroxylation is 1. The molecule has 1 aliphatic carbocycles. The molecule has 0 unspecified atom stereocenters. The van der Waals surface area contributed by atoms with Crippen molar-refractivity contribution in [1.82, 2.24) is 4.57 Å². The molecule has 0 radical (unpaired) electrons. The molecule has 0 fully saturated rings. The predicted octanol–water partition coefficient (Wildman–Crippen LogP) is 1.96. The van der Waals surface area contributed by atoms with E-state index >= 15 is 0 Å². The van der Waals surface area contributed by atoms with E-state index in [1.807, 2.05) is 31.3 Å². The molecule has 0 amide bonds. The van der Waals surface area contributed by atoms with Gasteiger partial charge in [-0.05, 0) is 18.2 Å². The Morgan fingerprint density at radius 3 is 2.62 bits per heavy atom. The van der Waals surface area contributed by atoms with E-state index in [0.29, 0.717) is 5.69 Å². The number of allylic oxidation sites excluding steroid dienone is 1. The second kappa shape index (κ2) is 2.92. The Hall–Kier alpha value is -2.16. The molecule has 0 bridgehead atoms. The fraction of sp³-hybridized carbons (Fsp3) is 0.0769. The first-order chi connectivity index (χ1) is 7.70. The van der Waals surface area contributed by atoms with E-state index in [-0.39, 0.29) is 0 Å². The Balaban J connectivity index is 2.50. The van der Waals surface area contributed by atoms with Crippen molar-refractivity contribution in [3.05, 3.63) is 41.6 Å². The van der Waals surface area contributed by atoms with E-state index in [1.165, 1.54) is 6.08 Å². The summed E-state index contributed by atoms with van der Waals surface area (Å²) in [6, 6.07) is 7.75. The van der Waals surface area contributed by atoms with Gasteiger partial charge in [0.2, 0.25) is 11.6 Å². The first kappa shape index (κ1) is 9.09. The summed E-state index contributed by atoms with van der Waals surface area (Å²) < 4.78 is 1.79. The van der Waals surface area contributed by atoms with Crippen LogP contribution in [0.1, 0.15) is 16.1 Å². The van der Waals surface area contributed by atoms with Crippen LogP contribution >= 0.6 is 0 Å². The van der Waals surface area contributed by atoms with E-state index in [0.717, 1.165) is 16.5 Å². The molecule has 0 aliphatic heterocycles. The van der Waals surface area contributed by atoms with Gasteiger partial charge in [0.1, 0.15) is 5.69 Å². The molecule has 0 saturated carbocycles. The van der Waals surface area contributed by atoms with Gasteiger partial charge in [0.05, 0.1) is 0 Å². The molecule has 3 nitrogen and oxygen atoms in total. The molecule has 3 heteroatoms. The lowest BCUT2D eigenvalue weighted by molar-refractivity contribution is -0.111. The standard InChI is InChI=1S/C13H9NO2/c1-14-10-5-3-2-4-8(10)9-6-7-11(15)13(16)12(9)14/h2-7H,1H3. The second-order valence-electron chi connectivity index (χ2n) is 3.87. The summed E-state index contributed by atoms with van der Waals surface area (Å²) in [5, 5.41) is 1.01. The average Bonchev–Trinajstić information content (AvgIpc) is 2.59. The Labute approximate surface area is 92.0 Å². The van der Waals surface area contributed by atoms with E-state index < -0.39 is 11.6 Å². The summed E-state index contributed by atoms with van der Waals surface area (Å²) in [5.41, 5.74) is 2.32. The largest absolute Gasteiger partial charge is 0.340 e. The number of fused-ring (bicyclic) bond motifs is 3. The Bertz CT molecular complexity index is 662. The molecule has 1 aliphatic rings. The van der Waals surface area contributed by atoms with Crippen LogP contribution in [0, 0.1) is 0 Å². The van der Waals surface area contributed by atoms with E-state index in [4.69, 9.17) is 0 Å². The van der Waals surface area contributed by atoms with Crippen LogP contribution in [0.3, 0.4) is 0 Å². The predicted molar refractivity (Wildman–Crippen MR) is 61.3 cm³/mol. The lowest BCUT2D eigenvalue weighted by Gasteiger charge is -2.05. The molecule has 0 N–H and O–H groups in total. The van der Waals surface area contributed by atoms with Gasteiger partial charge in [-0.1, -0.05) is 18.2 Å². The van der Waals surface area contributed by atoms with Gasteiger partial charge in [-0.25, -0.2) is 0 Å². The van der Waals surface area contributed by atoms with Crippen molar-refractivity contribution in [2.24, 2.45) is 7.05 Å². The average molecular weight is 211 g/mol. The topological polar surface area (TPSA) is 39.1 Å². The molecule has 0 saturated heterocycles. The first-order valence-corrected chi connectivity index (χ1v) is 5.04. The number of para-hydroxylation sites is 1. The SMILES string of the molecule is Cn1c2c(c3ccccc31)C=CC(=O)C2=O. The van der Waals surface area contributed by atoms with Crippen molar-refractivity contribution < 1.29 is 9.59 Å². The number of benzene rings is 1. The number of aromatic nitrogens is 1. The summed E-state index contributed by atoms with van der Waals surface area (Å²) in [7, 11) is 1.81. The fourth-order valence-electron chi connectivity index (χ4n) is 2.22. The zero-order chi connectivity index (χ0) is 11.3. The summed E-state index contributed by atoms with van der Waals surface area (Å²) >= 11 is 0. The Morgan fingerprint density at radius 2 is 1.81 bits per heavy atom. The normalized spacial score (nSPS) is 14.6. The van der Waals surface area contributed by atoms with Crippen molar-refractivity contribution in [1.29, 1.82) is 0 Å². The molecular weight excluding hydrogens is 202 g/mol. The van der Waals surface area contributed by atoms with Gasteiger partial charge in [0.15, 0.2) is 0 Å². The van der Waals surface area contributed by atoms with Crippen LogP contribution in [0.5, 0.6) is 0 Å². The van der Waals surface area contributed by atoms with E-state index in [1.54, 1.807) is 10.6 Å². The maximum absolute atomic E-state index is 11.8. The smallest absolute Gasteiger partial charge is 0.249 e. The number of carbonyl (C=O) groups is 2. The zero-order valence-corrected chi connectivity index (χ0v) is 8.73. The highest BCUT2D eigenvalue weighted by atomic mass is 16.2. The highest BCUT2D eigenvalue weighted by molar-refractivity contribution is 6.50. The monoisotopic (exact) mass is 211 g/mol. The Kier molecular flexibility index (Phi) is 1.66. The van der Waals surface area contributed by atoms with Crippen molar-refractivity contribution in [2.45, 2.75) is 0 Å². The third-order valence-electron chi connectivity index (χ3n) is 2.99. The van der Waals surface area contributed by atoms with Crippen LogP contribution < -0.4 is 0 Å². The number of ketones is 2. The number of carbonyl (C=O) groups excluding carboxylic acids is 2. The van der Waals surface area contributed by atoms with Gasteiger partial charge in [0.25, 0.3) is 0 Å². The Morgan fingerprint density at radius 1 is 1.06 bits per heavy atom. The van der Waals surface area contributed by atoms with Crippen LogP contribution in [0.15, 0.2) is 30.3 Å². The minimum absolute atomic E-state index is 0.420. The minimum atomic E-state index is -0.446. The van der Waals surface area contributed by atoms with Crippen LogP contribution in [0.2, 0.25) is 0 Å². The maximum Gasteiger partial charge on any atom is 0.249 e. The van der Waals surface area contributed by atoms with Crippen molar-refractivity contribution >= 4 is 28.5 Å². The van der Waals surface area contributed by atoms with Gasteiger partial charge in [-0.15, -0.1) is 0 Å². The molecule has 0 atom stereocenters. The summed E-state index contributed by atoms with van der Waals surface area (Å²) in [5.74, 6) is -0.866. The quantitative estimate of drug-likeness (QED) is 0.625. The number of hydrogen-bond donors (Lipinski definition) is 0. The van der Waals surface area contributed by atoms with Crippen molar-refractivity contribution in [2.75, 3.05) is 0 Å². The molecule has 2 aromatic rings. The fourth-order valence-corrected chi connectivity index (χ4v) is 2.22. The maximum atomic E-state index is 11.8. The number of nitrogens with zero attached hydrogens (tertiary/aromatic N) is 1. The third-order valence-corrected chi connectivity index (χ3v) is 2.99. The number of Topliss-reactive ketones (excluding diaryl/α,β-unsaturated/α-hetero) is 1. The highest BCUT2D eigenvalue weighted by Crippen LogP contribution is 2.29. The van der Waals surface area contributed by atoms with Gasteiger partial charge in [-0.3, -0.25) is 9.59 Å². The molecular formula is C13H9NO2. The molecule has 1 aromatic carbocycles. The van der Waals surface area contributed by atoms with Crippen LogP contribution in [-0.4, -0.2) is 16.1 Å². The second-order valence-corrected chi connectivity index (χ2v) is 3.87. The number of rotatable bonds is 0. The van der Waals surface area contributed by atoms with Crippen LogP contribution in [-0.2, 0) is 11.8 Å². The third kappa shape index (κ3) is 0.972. The van der Waals surface area contributed by atoms with Crippen molar-refractivity contribution in [3.63, 3.8) is 0 Å². The summed E-state index contributed by atoms with van der Waals surface area (Å²) in [4.78, 5) is 23.1. The van der Waals surface area contributed by atoms with E-state index in [2.05, 4.69) is 0 Å². The van der Waals surface area contributed by atoms with Gasteiger partial charge >= 0.3 is 0 Å². The van der Waals surface area contributed by atoms with Gasteiger partial charge in [-0.2, -0.15) is 0 Å². The molecule has 78 valence electrons. The van der Waals surface area contributed by atoms with Crippen LogP contribution in [0.4, 0.5) is 0 Å². The number of hydrogen-bond acceptors (Lipinski definition) is 2. The molecule has 0 spiro atoms. The molecule has 3 rings (SSSR count). The van der Waals surface area contributed by atoms with Crippen molar-refractivity contribution in [3.8, 4) is 0 Å². The molecule has 1 heterocycles. The van der Waals surface area contributed by atoms with Gasteiger partial charge in [0, 0.05) is 23.5 Å².